The van der Waals surface area contributed by atoms with Gasteiger partial charge in [-0.2, -0.15) is 0 Å². The van der Waals surface area contributed by atoms with Crippen molar-refractivity contribution in [3.05, 3.63) is 30.1 Å². The van der Waals surface area contributed by atoms with Crippen molar-refractivity contribution in [1.82, 2.24) is 4.98 Å². The summed E-state index contributed by atoms with van der Waals surface area (Å²) in [4.78, 5) is 13.5. The number of rotatable bonds is 1. The van der Waals surface area contributed by atoms with Crippen LogP contribution in [0.1, 0.15) is 10.5 Å². The van der Waals surface area contributed by atoms with Gasteiger partial charge in [0.2, 0.25) is 0 Å². The van der Waals surface area contributed by atoms with E-state index in [0.29, 0.717) is 0 Å². The molecule has 0 N–H and O–H groups in total. The molecule has 0 aliphatic rings. The summed E-state index contributed by atoms with van der Waals surface area (Å²) in [6.45, 7) is 0. The molecule has 0 fully saturated rings. The summed E-state index contributed by atoms with van der Waals surface area (Å²) in [5.41, 5.74) is -0.0301. The number of carbonyl (C=O) groups is 1. The second kappa shape index (κ2) is 5.91. The smallest absolute Gasteiger partial charge is 0.0899 e. The quantitative estimate of drug-likeness (QED) is 0.587. The Morgan fingerprint density at radius 3 is 2.36 bits per heavy atom. The van der Waals surface area contributed by atoms with Crippen LogP contribution in [0.3, 0.4) is 0 Å². The molecule has 0 bridgehead atoms. The Balaban J connectivity index is 0. The molecule has 0 saturated heterocycles. The summed E-state index contributed by atoms with van der Waals surface area (Å²) in [6, 6.07) is 4.62. The second-order valence-corrected chi connectivity index (χ2v) is 1.50. The van der Waals surface area contributed by atoms with Gasteiger partial charge in [0.15, 0.2) is 0 Å². The van der Waals surface area contributed by atoms with Crippen LogP contribution in [0.4, 0.5) is 0 Å². The van der Waals surface area contributed by atoms with Gasteiger partial charge in [0, 0.05) is 24.8 Å². The van der Waals surface area contributed by atoms with Gasteiger partial charge in [-0.05, 0) is 12.1 Å². The third kappa shape index (κ3) is 3.77. The summed E-state index contributed by atoms with van der Waals surface area (Å²) in [6.07, 6.45) is 1.41. The zero-order chi connectivity index (χ0) is 6.69. The van der Waals surface area contributed by atoms with Gasteiger partial charge in [-0.25, -0.2) is 0 Å². The maximum absolute atomic E-state index is 10.0. The van der Waals surface area contributed by atoms with E-state index >= 15 is 0 Å². The van der Waals surface area contributed by atoms with Gasteiger partial charge in [0.25, 0.3) is 0 Å². The van der Waals surface area contributed by atoms with Crippen molar-refractivity contribution < 1.29 is 33.9 Å². The molecule has 0 unspecified atom stereocenters. The van der Waals surface area contributed by atoms with Gasteiger partial charge in [-0.15, -0.1) is 0 Å². The van der Waals surface area contributed by atoms with E-state index in [9.17, 15) is 9.90 Å². The fourth-order valence-corrected chi connectivity index (χ4v) is 0.484. The molecular weight excluding hydrogens is 185 g/mol. The van der Waals surface area contributed by atoms with E-state index in [1.54, 1.807) is 12.1 Å². The van der Waals surface area contributed by atoms with Gasteiger partial charge in [-0.1, -0.05) is 6.07 Å². The molecule has 1 heterocycles. The van der Waals surface area contributed by atoms with E-state index in [1.165, 1.54) is 12.3 Å². The SMILES string of the molecule is O=C([O-])c1ccccn1.[O-2].[V]. The predicted octanol–water partition coefficient (Wildman–Crippen LogP) is -0.676. The first-order chi connectivity index (χ1) is 4.30. The van der Waals surface area contributed by atoms with Crippen molar-refractivity contribution in [1.29, 1.82) is 0 Å². The molecule has 0 amide bonds. The molecule has 0 atom stereocenters. The van der Waals surface area contributed by atoms with Crippen LogP contribution in [0.25, 0.3) is 0 Å². The minimum Gasteiger partial charge on any atom is -2.00 e. The number of hydrogen-bond acceptors (Lipinski definition) is 3. The standard InChI is InChI=1S/C6H5NO2.O.V/c8-6(9)5-3-1-2-4-7-5;;/h1-4H,(H,8,9);;/q;-2;/p-1. The number of pyridine rings is 1. The number of carboxylic acid groups (broad SMARTS) is 1. The molecule has 0 aliphatic carbocycles. The zero-order valence-electron chi connectivity index (χ0n) is 5.43. The zero-order valence-corrected chi connectivity index (χ0v) is 6.83. The molecule has 1 rings (SSSR count). The van der Waals surface area contributed by atoms with Gasteiger partial charge in [0.05, 0.1) is 11.7 Å². The molecule has 0 aromatic carbocycles. The maximum atomic E-state index is 10.0. The van der Waals surface area contributed by atoms with Crippen molar-refractivity contribution in [2.75, 3.05) is 0 Å². The van der Waals surface area contributed by atoms with Gasteiger partial charge < -0.3 is 15.4 Å². The van der Waals surface area contributed by atoms with Crippen LogP contribution >= 0.6 is 0 Å². The number of carboxylic acids is 1. The number of aromatic carboxylic acids is 1. The average molecular weight is 189 g/mol. The first-order valence-electron chi connectivity index (χ1n) is 2.43. The normalized spacial score (nSPS) is 7.27. The third-order valence-electron chi connectivity index (χ3n) is 0.874. The summed E-state index contributed by atoms with van der Waals surface area (Å²) in [5, 5.41) is 10.0. The fraction of sp³-hybridized carbons (Fsp3) is 0. The summed E-state index contributed by atoms with van der Waals surface area (Å²) < 4.78 is 0. The van der Waals surface area contributed by atoms with Crippen molar-refractivity contribution in [2.45, 2.75) is 0 Å². The molecule has 0 spiro atoms. The molecule has 5 heteroatoms. The number of hydrogen-bond donors (Lipinski definition) is 0. The number of carbonyl (C=O) groups excluding carboxylic acids is 1. The van der Waals surface area contributed by atoms with E-state index in [4.69, 9.17) is 0 Å². The Bertz CT molecular complexity index is 214. The topological polar surface area (TPSA) is 81.5 Å². The number of nitrogens with zero attached hydrogens (tertiary/aromatic N) is 1. The van der Waals surface area contributed by atoms with Gasteiger partial charge >= 0.3 is 0 Å². The molecule has 1 aromatic rings. The average Bonchev–Trinajstić information content (AvgIpc) is 1.90. The minimum atomic E-state index is -1.24. The first kappa shape index (κ1) is 12.8. The Morgan fingerprint density at radius 1 is 1.45 bits per heavy atom. The molecule has 1 radical (unpaired) electrons. The van der Waals surface area contributed by atoms with Crippen LogP contribution in [0.5, 0.6) is 0 Å². The first-order valence-corrected chi connectivity index (χ1v) is 2.43. The largest absolute Gasteiger partial charge is 2.00 e. The summed E-state index contributed by atoms with van der Waals surface area (Å²) >= 11 is 0. The number of aromatic nitrogens is 1. The van der Waals surface area contributed by atoms with Crippen LogP contribution in [0.2, 0.25) is 0 Å². The Hall–Kier alpha value is -0.836. The monoisotopic (exact) mass is 189 g/mol. The van der Waals surface area contributed by atoms with Crippen molar-refractivity contribution in [3.63, 3.8) is 0 Å². The van der Waals surface area contributed by atoms with E-state index < -0.39 is 5.97 Å². The third-order valence-corrected chi connectivity index (χ3v) is 0.874. The molecule has 0 saturated carbocycles. The molecule has 59 valence electrons. The van der Waals surface area contributed by atoms with Crippen molar-refractivity contribution in [3.8, 4) is 0 Å². The van der Waals surface area contributed by atoms with E-state index in [2.05, 4.69) is 4.98 Å². The van der Waals surface area contributed by atoms with Crippen LogP contribution in [-0.2, 0) is 24.0 Å². The maximum Gasteiger partial charge on any atom is 0.0899 e. The fourth-order valence-electron chi connectivity index (χ4n) is 0.484. The minimum absolute atomic E-state index is 0. The predicted molar refractivity (Wildman–Crippen MR) is 29.3 cm³/mol. The second-order valence-electron chi connectivity index (χ2n) is 1.50. The van der Waals surface area contributed by atoms with E-state index in [1.807, 2.05) is 0 Å². The van der Waals surface area contributed by atoms with E-state index in [-0.39, 0.29) is 29.7 Å². The molecular formula is C6H4NO3V-3. The van der Waals surface area contributed by atoms with Crippen molar-refractivity contribution in [2.24, 2.45) is 0 Å². The van der Waals surface area contributed by atoms with Crippen LogP contribution < -0.4 is 5.11 Å². The summed E-state index contributed by atoms with van der Waals surface area (Å²) in [7, 11) is 0. The van der Waals surface area contributed by atoms with Crippen LogP contribution in [-0.4, -0.2) is 11.0 Å². The van der Waals surface area contributed by atoms with Crippen molar-refractivity contribution >= 4 is 5.97 Å². The van der Waals surface area contributed by atoms with E-state index in [0.717, 1.165) is 0 Å². The Kier molecular flexibility index (Phi) is 6.88. The molecule has 4 nitrogen and oxygen atoms in total. The molecule has 1 aromatic heterocycles. The van der Waals surface area contributed by atoms with Crippen LogP contribution in [0, 0.1) is 0 Å². The molecule has 0 aliphatic heterocycles. The van der Waals surface area contributed by atoms with Gasteiger partial charge in [-0.3, -0.25) is 4.98 Å². The molecule has 11 heavy (non-hydrogen) atoms. The Labute approximate surface area is 75.5 Å². The Morgan fingerprint density at radius 2 is 2.09 bits per heavy atom. The summed E-state index contributed by atoms with van der Waals surface area (Å²) in [5.74, 6) is -1.24. The van der Waals surface area contributed by atoms with Gasteiger partial charge in [0.1, 0.15) is 0 Å². The van der Waals surface area contributed by atoms with Crippen LogP contribution in [0.15, 0.2) is 24.4 Å².